The number of benzene rings is 1. The molecule has 172 valence electrons. The van der Waals surface area contributed by atoms with Crippen LogP contribution in [0.25, 0.3) is 5.69 Å². The van der Waals surface area contributed by atoms with E-state index in [1.165, 1.54) is 4.90 Å². The monoisotopic (exact) mass is 476 g/mol. The molecule has 33 heavy (non-hydrogen) atoms. The smallest absolute Gasteiger partial charge is 0.355 e. The van der Waals surface area contributed by atoms with Crippen molar-refractivity contribution < 1.29 is 13.2 Å². The van der Waals surface area contributed by atoms with Crippen LogP contribution in [0.2, 0.25) is 5.02 Å². The Balaban J connectivity index is 1.25. The standard InChI is InChI=1S/C21H20ClF3N8/c22-15-1-2-16-14(5-15)6-30(12-21(23,24)25)7-18-28-29-19(33(16)18)32-10-20(11-32)8-31(9-20)17-3-4-26-13-27-17/h1-5,13H,6-12H2. The fraction of sp³-hybridized carbons (Fsp3) is 0.429. The summed E-state index contributed by atoms with van der Waals surface area (Å²) in [6.07, 6.45) is -1.03. The number of hydrogen-bond acceptors (Lipinski definition) is 7. The number of nitrogens with zero attached hydrogens (tertiary/aromatic N) is 8. The van der Waals surface area contributed by atoms with Crippen LogP contribution < -0.4 is 9.80 Å². The zero-order valence-corrected chi connectivity index (χ0v) is 18.3. The molecule has 1 aromatic carbocycles. The van der Waals surface area contributed by atoms with Gasteiger partial charge in [0.25, 0.3) is 0 Å². The van der Waals surface area contributed by atoms with E-state index in [9.17, 15) is 13.2 Å². The number of fused-ring (bicyclic) bond motifs is 3. The number of alkyl halides is 3. The van der Waals surface area contributed by atoms with Gasteiger partial charge >= 0.3 is 6.18 Å². The van der Waals surface area contributed by atoms with Crippen molar-refractivity contribution in [3.8, 4) is 5.69 Å². The largest absolute Gasteiger partial charge is 0.401 e. The van der Waals surface area contributed by atoms with E-state index >= 15 is 0 Å². The quantitative estimate of drug-likeness (QED) is 0.576. The first-order valence-corrected chi connectivity index (χ1v) is 10.9. The van der Waals surface area contributed by atoms with Gasteiger partial charge in [-0.3, -0.25) is 9.47 Å². The molecule has 5 heterocycles. The molecule has 0 atom stereocenters. The molecule has 2 saturated heterocycles. The summed E-state index contributed by atoms with van der Waals surface area (Å²) < 4.78 is 41.4. The van der Waals surface area contributed by atoms with E-state index in [4.69, 9.17) is 11.6 Å². The highest BCUT2D eigenvalue weighted by Crippen LogP contribution is 2.44. The van der Waals surface area contributed by atoms with E-state index in [0.29, 0.717) is 16.8 Å². The first-order valence-electron chi connectivity index (χ1n) is 10.6. The number of hydrogen-bond donors (Lipinski definition) is 0. The molecule has 6 rings (SSSR count). The van der Waals surface area contributed by atoms with Crippen LogP contribution in [0.5, 0.6) is 0 Å². The first kappa shape index (κ1) is 20.7. The Hall–Kier alpha value is -2.92. The zero-order valence-electron chi connectivity index (χ0n) is 17.5. The molecule has 0 aliphatic carbocycles. The lowest BCUT2D eigenvalue weighted by molar-refractivity contribution is -0.148. The van der Waals surface area contributed by atoms with Crippen molar-refractivity contribution in [3.63, 3.8) is 0 Å². The number of rotatable bonds is 3. The van der Waals surface area contributed by atoms with Crippen molar-refractivity contribution in [2.45, 2.75) is 19.3 Å². The Labute approximate surface area is 192 Å². The molecule has 3 aliphatic rings. The van der Waals surface area contributed by atoms with Crippen LogP contribution in [-0.2, 0) is 13.1 Å². The van der Waals surface area contributed by atoms with Gasteiger partial charge in [0.15, 0.2) is 5.82 Å². The molecular formula is C21H20ClF3N8. The van der Waals surface area contributed by atoms with Crippen molar-refractivity contribution in [1.29, 1.82) is 0 Å². The Kier molecular flexibility index (Phi) is 4.57. The van der Waals surface area contributed by atoms with Gasteiger partial charge < -0.3 is 9.80 Å². The molecule has 1 spiro atoms. The van der Waals surface area contributed by atoms with Gasteiger partial charge in [0.2, 0.25) is 5.95 Å². The average Bonchev–Trinajstić information content (AvgIpc) is 3.02. The minimum atomic E-state index is -4.31. The molecule has 0 amide bonds. The predicted molar refractivity (Wildman–Crippen MR) is 115 cm³/mol. The minimum absolute atomic E-state index is 0.0548. The Bertz CT molecular complexity index is 1180. The van der Waals surface area contributed by atoms with Gasteiger partial charge in [-0.05, 0) is 29.8 Å². The van der Waals surface area contributed by atoms with Gasteiger partial charge in [-0.15, -0.1) is 10.2 Å². The van der Waals surface area contributed by atoms with E-state index < -0.39 is 12.7 Å². The second-order valence-electron chi connectivity index (χ2n) is 9.06. The topological polar surface area (TPSA) is 66.2 Å². The van der Waals surface area contributed by atoms with Gasteiger partial charge in [-0.2, -0.15) is 13.2 Å². The predicted octanol–water partition coefficient (Wildman–Crippen LogP) is 2.92. The van der Waals surface area contributed by atoms with E-state index in [-0.39, 0.29) is 18.5 Å². The van der Waals surface area contributed by atoms with Gasteiger partial charge in [-0.25, -0.2) is 9.97 Å². The maximum Gasteiger partial charge on any atom is 0.401 e. The lowest BCUT2D eigenvalue weighted by Gasteiger charge is -2.60. The summed E-state index contributed by atoms with van der Waals surface area (Å²) in [6.45, 7) is 2.58. The minimum Gasteiger partial charge on any atom is -0.355 e. The maximum atomic E-state index is 13.2. The van der Waals surface area contributed by atoms with Crippen molar-refractivity contribution >= 4 is 23.4 Å². The average molecular weight is 477 g/mol. The molecule has 2 aromatic heterocycles. The summed E-state index contributed by atoms with van der Waals surface area (Å²) in [4.78, 5) is 14.0. The van der Waals surface area contributed by atoms with Crippen LogP contribution in [0.1, 0.15) is 11.4 Å². The molecular weight excluding hydrogens is 457 g/mol. The highest BCUT2D eigenvalue weighted by molar-refractivity contribution is 6.30. The Morgan fingerprint density at radius 1 is 1.00 bits per heavy atom. The van der Waals surface area contributed by atoms with Crippen molar-refractivity contribution in [3.05, 3.63) is 53.2 Å². The molecule has 12 heteroatoms. The third-order valence-corrected chi connectivity index (χ3v) is 6.67. The third kappa shape index (κ3) is 3.68. The Morgan fingerprint density at radius 2 is 1.79 bits per heavy atom. The molecule has 0 saturated carbocycles. The van der Waals surface area contributed by atoms with Crippen LogP contribution in [0.3, 0.4) is 0 Å². The summed E-state index contributed by atoms with van der Waals surface area (Å²) in [5.74, 6) is 2.07. The molecule has 0 N–H and O–H groups in total. The van der Waals surface area contributed by atoms with Crippen molar-refractivity contribution in [2.24, 2.45) is 5.41 Å². The summed E-state index contributed by atoms with van der Waals surface area (Å²) in [6, 6.07) is 7.20. The normalized spacial score (nSPS) is 19.5. The maximum absolute atomic E-state index is 13.2. The highest BCUT2D eigenvalue weighted by Gasteiger charge is 2.53. The van der Waals surface area contributed by atoms with Gasteiger partial charge in [-0.1, -0.05) is 11.6 Å². The molecule has 0 unspecified atom stereocenters. The third-order valence-electron chi connectivity index (χ3n) is 6.44. The van der Waals surface area contributed by atoms with E-state index in [2.05, 4.69) is 30.0 Å². The number of aromatic nitrogens is 5. The molecule has 0 radical (unpaired) electrons. The first-order chi connectivity index (χ1) is 15.8. The van der Waals surface area contributed by atoms with Gasteiger partial charge in [0.05, 0.1) is 18.8 Å². The molecule has 0 bridgehead atoms. The van der Waals surface area contributed by atoms with E-state index in [0.717, 1.165) is 43.2 Å². The molecule has 8 nitrogen and oxygen atoms in total. The molecule has 2 fully saturated rings. The van der Waals surface area contributed by atoms with Crippen LogP contribution in [-0.4, -0.2) is 68.5 Å². The summed E-state index contributed by atoms with van der Waals surface area (Å²) in [5.41, 5.74) is 1.66. The summed E-state index contributed by atoms with van der Waals surface area (Å²) >= 11 is 6.18. The zero-order chi connectivity index (χ0) is 22.8. The Morgan fingerprint density at radius 3 is 2.52 bits per heavy atom. The lowest BCUT2D eigenvalue weighted by Crippen LogP contribution is -2.73. The van der Waals surface area contributed by atoms with Gasteiger partial charge in [0.1, 0.15) is 12.1 Å². The van der Waals surface area contributed by atoms with E-state index in [1.807, 2.05) is 16.7 Å². The second kappa shape index (κ2) is 7.29. The fourth-order valence-corrected chi connectivity index (χ4v) is 5.32. The molecule has 3 aromatic rings. The SMILES string of the molecule is FC(F)(F)CN1Cc2cc(Cl)ccc2-n2c(nnc2N2CC3(CN(c4ccncn4)C3)C2)C1. The highest BCUT2D eigenvalue weighted by atomic mass is 35.5. The number of halogens is 4. The number of anilines is 2. The van der Waals surface area contributed by atoms with Crippen LogP contribution in [0, 0.1) is 5.41 Å². The lowest BCUT2D eigenvalue weighted by atomic mass is 9.73. The van der Waals surface area contributed by atoms with Crippen molar-refractivity contribution in [2.75, 3.05) is 42.5 Å². The summed E-state index contributed by atoms with van der Waals surface area (Å²) in [5, 5.41) is 9.14. The van der Waals surface area contributed by atoms with E-state index in [1.54, 1.807) is 24.7 Å². The van der Waals surface area contributed by atoms with Crippen LogP contribution >= 0.6 is 11.6 Å². The van der Waals surface area contributed by atoms with Gasteiger partial charge in [0, 0.05) is 49.4 Å². The fourth-order valence-electron chi connectivity index (χ4n) is 5.12. The van der Waals surface area contributed by atoms with Crippen LogP contribution in [0.15, 0.2) is 36.8 Å². The molecule has 3 aliphatic heterocycles. The van der Waals surface area contributed by atoms with Crippen molar-refractivity contribution in [1.82, 2.24) is 29.6 Å². The summed E-state index contributed by atoms with van der Waals surface area (Å²) in [7, 11) is 0. The second-order valence-corrected chi connectivity index (χ2v) is 9.50. The van der Waals surface area contributed by atoms with Crippen LogP contribution in [0.4, 0.5) is 24.9 Å².